The molecule has 150 valence electrons. The van der Waals surface area contributed by atoms with E-state index in [2.05, 4.69) is 25.8 Å². The Morgan fingerprint density at radius 1 is 1.21 bits per heavy atom. The molecule has 9 heteroatoms. The smallest absolute Gasteiger partial charge is 0.295 e. The zero-order valence-electron chi connectivity index (χ0n) is 15.2. The van der Waals surface area contributed by atoms with Crippen LogP contribution in [0.3, 0.4) is 0 Å². The molecule has 1 amide bonds. The molecule has 0 bridgehead atoms. The van der Waals surface area contributed by atoms with Gasteiger partial charge in [-0.25, -0.2) is 4.98 Å². The Bertz CT molecular complexity index is 893. The molecule has 3 aromatic rings. The number of anilines is 1. The normalized spacial score (nSPS) is 14.8. The van der Waals surface area contributed by atoms with E-state index >= 15 is 0 Å². The summed E-state index contributed by atoms with van der Waals surface area (Å²) < 4.78 is 12.5. The van der Waals surface area contributed by atoms with Crippen LogP contribution in [-0.4, -0.2) is 55.2 Å². The van der Waals surface area contributed by atoms with Gasteiger partial charge in [-0.2, -0.15) is 0 Å². The number of carbonyl (C=O) groups excluding carboxylic acids is 1. The first kappa shape index (κ1) is 21.3. The highest BCUT2D eigenvalue weighted by Gasteiger charge is 2.24. The second kappa shape index (κ2) is 9.84. The molecule has 0 aliphatic carbocycles. The molecule has 1 saturated heterocycles. The fourth-order valence-electron chi connectivity index (χ4n) is 3.10. The van der Waals surface area contributed by atoms with E-state index in [0.717, 1.165) is 49.5 Å². The molecular formula is C19H21BrClN3O3S. The zero-order valence-corrected chi connectivity index (χ0v) is 18.4. The summed E-state index contributed by atoms with van der Waals surface area (Å²) in [5.41, 5.74) is 0.907. The number of furan rings is 1. The van der Waals surface area contributed by atoms with Crippen LogP contribution in [0.4, 0.5) is 5.13 Å². The van der Waals surface area contributed by atoms with Crippen molar-refractivity contribution in [2.24, 2.45) is 0 Å². The second-order valence-electron chi connectivity index (χ2n) is 6.33. The summed E-state index contributed by atoms with van der Waals surface area (Å²) in [7, 11) is 0. The van der Waals surface area contributed by atoms with E-state index in [1.165, 1.54) is 11.3 Å². The summed E-state index contributed by atoms with van der Waals surface area (Å²) in [4.78, 5) is 21.8. The SMILES string of the molecule is Cl.O=C(c1ccc(Br)o1)N(CCCN1CCOCC1)c1nc2ccccc2s1. The molecule has 0 saturated carbocycles. The number of benzene rings is 1. The minimum atomic E-state index is -0.165. The summed E-state index contributed by atoms with van der Waals surface area (Å²) in [6.07, 6.45) is 0.865. The van der Waals surface area contributed by atoms with Crippen LogP contribution >= 0.6 is 39.7 Å². The summed E-state index contributed by atoms with van der Waals surface area (Å²) in [5, 5.41) is 0.704. The van der Waals surface area contributed by atoms with Crippen molar-refractivity contribution in [1.82, 2.24) is 9.88 Å². The molecule has 3 heterocycles. The second-order valence-corrected chi connectivity index (χ2v) is 8.12. The van der Waals surface area contributed by atoms with Crippen molar-refractivity contribution >= 4 is 60.9 Å². The zero-order chi connectivity index (χ0) is 18.6. The molecule has 0 N–H and O–H groups in total. The minimum Gasteiger partial charge on any atom is -0.444 e. The first-order chi connectivity index (χ1) is 13.2. The number of amides is 1. The van der Waals surface area contributed by atoms with Crippen molar-refractivity contribution in [2.75, 3.05) is 44.3 Å². The maximum Gasteiger partial charge on any atom is 0.295 e. The van der Waals surface area contributed by atoms with Crippen molar-refractivity contribution in [2.45, 2.75) is 6.42 Å². The molecule has 1 aliphatic rings. The van der Waals surface area contributed by atoms with E-state index in [1.807, 2.05) is 24.3 Å². The van der Waals surface area contributed by atoms with Gasteiger partial charge in [-0.05, 0) is 46.6 Å². The highest BCUT2D eigenvalue weighted by Crippen LogP contribution is 2.30. The van der Waals surface area contributed by atoms with Gasteiger partial charge < -0.3 is 9.15 Å². The van der Waals surface area contributed by atoms with Gasteiger partial charge in [-0.1, -0.05) is 23.5 Å². The maximum absolute atomic E-state index is 13.1. The summed E-state index contributed by atoms with van der Waals surface area (Å²) >= 11 is 4.80. The number of halogens is 2. The Morgan fingerprint density at radius 2 is 2.00 bits per heavy atom. The minimum absolute atomic E-state index is 0. The van der Waals surface area contributed by atoms with Gasteiger partial charge in [-0.15, -0.1) is 12.4 Å². The fraction of sp³-hybridized carbons (Fsp3) is 0.368. The van der Waals surface area contributed by atoms with Gasteiger partial charge in [0.25, 0.3) is 5.91 Å². The summed E-state index contributed by atoms with van der Waals surface area (Å²) in [6.45, 7) is 4.97. The lowest BCUT2D eigenvalue weighted by Crippen LogP contribution is -2.39. The molecule has 2 aromatic heterocycles. The number of hydrogen-bond donors (Lipinski definition) is 0. The molecular weight excluding hydrogens is 466 g/mol. The van der Waals surface area contributed by atoms with Crippen LogP contribution in [0, 0.1) is 0 Å². The quantitative estimate of drug-likeness (QED) is 0.515. The molecule has 1 aliphatic heterocycles. The Morgan fingerprint density at radius 3 is 2.71 bits per heavy atom. The standard InChI is InChI=1S/C19H20BrN3O3S.ClH/c20-17-7-6-15(26-17)18(24)23(9-3-8-22-10-12-25-13-11-22)19-21-14-4-1-2-5-16(14)27-19;/h1-2,4-7H,3,8-13H2;1H. The van der Waals surface area contributed by atoms with Crippen LogP contribution in [0.15, 0.2) is 45.5 Å². The lowest BCUT2D eigenvalue weighted by Gasteiger charge is -2.27. The van der Waals surface area contributed by atoms with E-state index in [4.69, 9.17) is 9.15 Å². The maximum atomic E-state index is 13.1. The highest BCUT2D eigenvalue weighted by atomic mass is 79.9. The Balaban J connectivity index is 0.00000225. The van der Waals surface area contributed by atoms with Gasteiger partial charge in [0.15, 0.2) is 15.6 Å². The van der Waals surface area contributed by atoms with E-state index in [1.54, 1.807) is 17.0 Å². The first-order valence-corrected chi connectivity index (χ1v) is 10.5. The van der Waals surface area contributed by atoms with Gasteiger partial charge in [-0.3, -0.25) is 14.6 Å². The molecule has 0 radical (unpaired) electrons. The van der Waals surface area contributed by atoms with Crippen molar-refractivity contribution in [3.05, 3.63) is 46.8 Å². The largest absolute Gasteiger partial charge is 0.444 e. The van der Waals surface area contributed by atoms with Crippen LogP contribution < -0.4 is 4.90 Å². The number of hydrogen-bond acceptors (Lipinski definition) is 6. The van der Waals surface area contributed by atoms with Crippen LogP contribution in [0.5, 0.6) is 0 Å². The number of ether oxygens (including phenoxy) is 1. The topological polar surface area (TPSA) is 58.8 Å². The van der Waals surface area contributed by atoms with Gasteiger partial charge in [0.1, 0.15) is 0 Å². The van der Waals surface area contributed by atoms with Gasteiger partial charge in [0.2, 0.25) is 0 Å². The number of aromatic nitrogens is 1. The van der Waals surface area contributed by atoms with Crippen LogP contribution in [0.2, 0.25) is 0 Å². The number of rotatable bonds is 6. The Kier molecular flexibility index (Phi) is 7.48. The first-order valence-electron chi connectivity index (χ1n) is 8.93. The third-order valence-corrected chi connectivity index (χ3v) is 5.99. The molecule has 1 fully saturated rings. The highest BCUT2D eigenvalue weighted by molar-refractivity contribution is 9.10. The molecule has 6 nitrogen and oxygen atoms in total. The van der Waals surface area contributed by atoms with Crippen molar-refractivity contribution in [3.63, 3.8) is 0 Å². The predicted molar refractivity (Wildman–Crippen MR) is 117 cm³/mol. The van der Waals surface area contributed by atoms with E-state index in [-0.39, 0.29) is 18.3 Å². The average Bonchev–Trinajstić information content (AvgIpc) is 3.31. The lowest BCUT2D eigenvalue weighted by molar-refractivity contribution is 0.0376. The third-order valence-electron chi connectivity index (χ3n) is 4.50. The average molecular weight is 487 g/mol. The van der Waals surface area contributed by atoms with Crippen molar-refractivity contribution < 1.29 is 13.9 Å². The number of nitrogens with zero attached hydrogens (tertiary/aromatic N) is 3. The number of para-hydroxylation sites is 1. The Hall–Kier alpha value is -1.45. The predicted octanol–water partition coefficient (Wildman–Crippen LogP) is 4.44. The molecule has 28 heavy (non-hydrogen) atoms. The lowest BCUT2D eigenvalue weighted by atomic mass is 10.3. The number of carbonyl (C=O) groups is 1. The van der Waals surface area contributed by atoms with Crippen LogP contribution in [-0.2, 0) is 4.74 Å². The molecule has 4 rings (SSSR count). The van der Waals surface area contributed by atoms with Gasteiger partial charge >= 0.3 is 0 Å². The summed E-state index contributed by atoms with van der Waals surface area (Å²) in [5.74, 6) is 0.147. The van der Waals surface area contributed by atoms with E-state index in [9.17, 15) is 4.79 Å². The molecule has 0 atom stereocenters. The van der Waals surface area contributed by atoms with Gasteiger partial charge in [0, 0.05) is 26.2 Å². The van der Waals surface area contributed by atoms with Crippen molar-refractivity contribution in [3.8, 4) is 0 Å². The third kappa shape index (κ3) is 4.93. The van der Waals surface area contributed by atoms with Gasteiger partial charge in [0.05, 0.1) is 23.4 Å². The monoisotopic (exact) mass is 485 g/mol. The van der Waals surface area contributed by atoms with E-state index < -0.39 is 0 Å². The van der Waals surface area contributed by atoms with Crippen molar-refractivity contribution in [1.29, 1.82) is 0 Å². The van der Waals surface area contributed by atoms with E-state index in [0.29, 0.717) is 22.1 Å². The molecule has 0 spiro atoms. The molecule has 1 aromatic carbocycles. The van der Waals surface area contributed by atoms with Crippen LogP contribution in [0.25, 0.3) is 10.2 Å². The van der Waals surface area contributed by atoms with Crippen LogP contribution in [0.1, 0.15) is 17.0 Å². The fourth-order valence-corrected chi connectivity index (χ4v) is 4.40. The number of fused-ring (bicyclic) bond motifs is 1. The summed E-state index contributed by atoms with van der Waals surface area (Å²) in [6, 6.07) is 11.4. The Labute approximate surface area is 182 Å². The number of thiazole rings is 1. The number of morpholine rings is 1. The molecule has 0 unspecified atom stereocenters.